The Kier molecular flexibility index (Phi) is 3.58. The molecule has 4 nitrogen and oxygen atoms in total. The van der Waals surface area contributed by atoms with Gasteiger partial charge in [0.1, 0.15) is 5.82 Å². The van der Waals surface area contributed by atoms with Crippen LogP contribution in [0.4, 0.5) is 5.69 Å². The molecule has 1 aromatic heterocycles. The predicted octanol–water partition coefficient (Wildman–Crippen LogP) is 3.22. The second-order valence-corrected chi connectivity index (χ2v) is 6.65. The van der Waals surface area contributed by atoms with Gasteiger partial charge < -0.3 is 10.7 Å². The molecular weight excluding hydrogens is 338 g/mol. The highest BCUT2D eigenvalue weighted by molar-refractivity contribution is 9.10. The Morgan fingerprint density at radius 3 is 2.85 bits per heavy atom. The van der Waals surface area contributed by atoms with Crippen LogP contribution in [0.1, 0.15) is 5.82 Å². The van der Waals surface area contributed by atoms with Gasteiger partial charge in [0, 0.05) is 10.2 Å². The number of anilines is 1. The Morgan fingerprint density at radius 2 is 2.05 bits per heavy atom. The number of nitrogens with two attached hydrogens (primary N) is 1. The Bertz CT molecular complexity index is 800. The van der Waals surface area contributed by atoms with Crippen molar-refractivity contribution < 1.29 is 4.21 Å². The average Bonchev–Trinajstić information content (AvgIpc) is 2.80. The lowest BCUT2D eigenvalue weighted by Gasteiger charge is -2.02. The molecule has 3 rings (SSSR count). The standard InChI is InChI=1S/C14H12BrN3OS/c15-10-3-1-2-4-13(10)20(19)8-14-17-11-6-5-9(16)7-12(11)18-14/h1-7H,8,16H2,(H,17,18). The molecule has 0 aliphatic heterocycles. The van der Waals surface area contributed by atoms with Crippen LogP contribution in [0.5, 0.6) is 0 Å². The van der Waals surface area contributed by atoms with Gasteiger partial charge in [-0.3, -0.25) is 4.21 Å². The number of nitrogen functional groups attached to an aromatic ring is 1. The number of nitrogens with zero attached hydrogens (tertiary/aromatic N) is 1. The van der Waals surface area contributed by atoms with Crippen LogP contribution in [0.2, 0.25) is 0 Å². The SMILES string of the molecule is Nc1ccc2nc(CS(=O)c3ccccc3Br)[nH]c2c1. The third-order valence-corrected chi connectivity index (χ3v) is 5.24. The van der Waals surface area contributed by atoms with Gasteiger partial charge in [0.15, 0.2) is 0 Å². The van der Waals surface area contributed by atoms with E-state index < -0.39 is 10.8 Å². The van der Waals surface area contributed by atoms with Crippen molar-refractivity contribution in [3.8, 4) is 0 Å². The van der Waals surface area contributed by atoms with E-state index in [2.05, 4.69) is 25.9 Å². The van der Waals surface area contributed by atoms with Gasteiger partial charge in [-0.25, -0.2) is 4.98 Å². The Labute approximate surface area is 127 Å². The molecule has 3 aromatic rings. The second kappa shape index (κ2) is 5.38. The van der Waals surface area contributed by atoms with Gasteiger partial charge in [-0.15, -0.1) is 0 Å². The third-order valence-electron chi connectivity index (χ3n) is 2.90. The zero-order chi connectivity index (χ0) is 14.1. The van der Waals surface area contributed by atoms with Gasteiger partial charge in [-0.2, -0.15) is 0 Å². The van der Waals surface area contributed by atoms with Crippen LogP contribution >= 0.6 is 15.9 Å². The number of aromatic amines is 1. The molecule has 0 fully saturated rings. The van der Waals surface area contributed by atoms with Gasteiger partial charge in [0.05, 0.1) is 32.5 Å². The highest BCUT2D eigenvalue weighted by Gasteiger charge is 2.11. The lowest BCUT2D eigenvalue weighted by molar-refractivity contribution is 0.681. The van der Waals surface area contributed by atoms with Crippen LogP contribution in [0.25, 0.3) is 11.0 Å². The van der Waals surface area contributed by atoms with Crippen LogP contribution in [0.3, 0.4) is 0 Å². The molecule has 1 atom stereocenters. The van der Waals surface area contributed by atoms with E-state index in [1.165, 1.54) is 0 Å². The summed E-state index contributed by atoms with van der Waals surface area (Å²) < 4.78 is 13.2. The zero-order valence-electron chi connectivity index (χ0n) is 10.5. The van der Waals surface area contributed by atoms with Gasteiger partial charge in [-0.1, -0.05) is 12.1 Å². The van der Waals surface area contributed by atoms with Crippen molar-refractivity contribution in [3.05, 3.63) is 52.8 Å². The highest BCUT2D eigenvalue weighted by atomic mass is 79.9. The number of nitrogens with one attached hydrogen (secondary N) is 1. The van der Waals surface area contributed by atoms with Gasteiger partial charge in [0.25, 0.3) is 0 Å². The number of aromatic nitrogens is 2. The summed E-state index contributed by atoms with van der Waals surface area (Å²) in [6.45, 7) is 0. The Balaban J connectivity index is 1.89. The van der Waals surface area contributed by atoms with Crippen molar-refractivity contribution in [3.63, 3.8) is 0 Å². The van der Waals surface area contributed by atoms with E-state index in [0.717, 1.165) is 20.4 Å². The van der Waals surface area contributed by atoms with Crippen molar-refractivity contribution >= 4 is 43.5 Å². The first-order valence-electron chi connectivity index (χ1n) is 6.00. The van der Waals surface area contributed by atoms with Crippen molar-refractivity contribution in [1.29, 1.82) is 0 Å². The minimum absolute atomic E-state index is 0.344. The molecule has 1 heterocycles. The van der Waals surface area contributed by atoms with Crippen LogP contribution in [0.15, 0.2) is 51.8 Å². The number of benzene rings is 2. The molecule has 3 N–H and O–H groups in total. The highest BCUT2D eigenvalue weighted by Crippen LogP contribution is 2.22. The number of hydrogen-bond acceptors (Lipinski definition) is 3. The fourth-order valence-electron chi connectivity index (χ4n) is 1.98. The van der Waals surface area contributed by atoms with Crippen molar-refractivity contribution in [1.82, 2.24) is 9.97 Å². The smallest absolute Gasteiger partial charge is 0.120 e. The van der Waals surface area contributed by atoms with Crippen molar-refractivity contribution in [2.45, 2.75) is 10.6 Å². The monoisotopic (exact) mass is 349 g/mol. The van der Waals surface area contributed by atoms with Crippen LogP contribution in [-0.2, 0) is 16.6 Å². The lowest BCUT2D eigenvalue weighted by Crippen LogP contribution is -1.99. The van der Waals surface area contributed by atoms with Gasteiger partial charge >= 0.3 is 0 Å². The molecule has 0 saturated heterocycles. The molecule has 0 aliphatic carbocycles. The van der Waals surface area contributed by atoms with E-state index in [-0.39, 0.29) is 0 Å². The number of rotatable bonds is 3. The van der Waals surface area contributed by atoms with E-state index in [4.69, 9.17) is 5.73 Å². The summed E-state index contributed by atoms with van der Waals surface area (Å²) in [5, 5.41) is 0. The molecule has 1 unspecified atom stereocenters. The fourth-order valence-corrected chi connectivity index (χ4v) is 3.86. The number of H-pyrrole nitrogens is 1. The summed E-state index contributed by atoms with van der Waals surface area (Å²) in [6.07, 6.45) is 0. The molecule has 6 heteroatoms. The van der Waals surface area contributed by atoms with Crippen molar-refractivity contribution in [2.75, 3.05) is 5.73 Å². The quantitative estimate of drug-likeness (QED) is 0.713. The van der Waals surface area contributed by atoms with E-state index in [1.54, 1.807) is 6.07 Å². The molecular formula is C14H12BrN3OS. The second-order valence-electron chi connectivity index (χ2n) is 4.38. The van der Waals surface area contributed by atoms with Crippen LogP contribution < -0.4 is 5.73 Å². The molecule has 102 valence electrons. The maximum Gasteiger partial charge on any atom is 0.120 e. The molecule has 2 aromatic carbocycles. The maximum atomic E-state index is 12.4. The topological polar surface area (TPSA) is 71.8 Å². The summed E-state index contributed by atoms with van der Waals surface area (Å²) in [4.78, 5) is 8.36. The average molecular weight is 350 g/mol. The van der Waals surface area contributed by atoms with Crippen LogP contribution in [0, 0.1) is 0 Å². The first-order valence-corrected chi connectivity index (χ1v) is 8.12. The van der Waals surface area contributed by atoms with Gasteiger partial charge in [0.2, 0.25) is 0 Å². The van der Waals surface area contributed by atoms with E-state index in [1.807, 2.05) is 36.4 Å². The first kappa shape index (κ1) is 13.3. The summed E-state index contributed by atoms with van der Waals surface area (Å²) in [5.41, 5.74) is 8.11. The minimum atomic E-state index is -1.15. The minimum Gasteiger partial charge on any atom is -0.399 e. The summed E-state index contributed by atoms with van der Waals surface area (Å²) >= 11 is 3.41. The molecule has 0 radical (unpaired) electrons. The van der Waals surface area contributed by atoms with E-state index in [9.17, 15) is 4.21 Å². The van der Waals surface area contributed by atoms with Crippen molar-refractivity contribution in [2.24, 2.45) is 0 Å². The summed E-state index contributed by atoms with van der Waals surface area (Å²) in [6, 6.07) is 13.0. The lowest BCUT2D eigenvalue weighted by atomic mass is 10.3. The summed E-state index contributed by atoms with van der Waals surface area (Å²) in [7, 11) is -1.15. The molecule has 0 aliphatic rings. The van der Waals surface area contributed by atoms with E-state index in [0.29, 0.717) is 17.3 Å². The Hall–Kier alpha value is -1.66. The number of halogens is 1. The Morgan fingerprint density at radius 1 is 1.25 bits per heavy atom. The molecule has 0 spiro atoms. The summed E-state index contributed by atoms with van der Waals surface area (Å²) in [5.74, 6) is 1.04. The normalized spacial score (nSPS) is 12.7. The zero-order valence-corrected chi connectivity index (χ0v) is 12.9. The largest absolute Gasteiger partial charge is 0.399 e. The molecule has 0 bridgehead atoms. The fraction of sp³-hybridized carbons (Fsp3) is 0.0714. The van der Waals surface area contributed by atoms with E-state index >= 15 is 0 Å². The van der Waals surface area contributed by atoms with Crippen LogP contribution in [-0.4, -0.2) is 14.2 Å². The molecule has 0 saturated carbocycles. The molecule has 0 amide bonds. The molecule has 20 heavy (non-hydrogen) atoms. The number of imidazole rings is 1. The predicted molar refractivity (Wildman–Crippen MR) is 84.8 cm³/mol. The number of fused-ring (bicyclic) bond motifs is 1. The maximum absolute atomic E-state index is 12.4. The first-order chi connectivity index (χ1) is 9.63. The van der Waals surface area contributed by atoms with Gasteiger partial charge in [-0.05, 0) is 46.3 Å². The third kappa shape index (κ3) is 2.62. The number of hydrogen-bond donors (Lipinski definition) is 2.